The van der Waals surface area contributed by atoms with Gasteiger partial charge in [0.05, 0.1) is 24.3 Å². The summed E-state index contributed by atoms with van der Waals surface area (Å²) in [5, 5.41) is 21.4. The highest BCUT2D eigenvalue weighted by Gasteiger charge is 2.11. The molecule has 0 spiro atoms. The molecular weight excluding hydrogens is 238 g/mol. The van der Waals surface area contributed by atoms with E-state index in [0.29, 0.717) is 17.3 Å². The second-order valence-corrected chi connectivity index (χ2v) is 4.72. The maximum Gasteiger partial charge on any atom is 0.132 e. The quantitative estimate of drug-likeness (QED) is 0.791. The SMILES string of the molecule is CC(C)CC(CO)Nc1cc(C#N)cc(Cl)n1. The lowest BCUT2D eigenvalue weighted by atomic mass is 10.0. The van der Waals surface area contributed by atoms with Crippen LogP contribution in [0.3, 0.4) is 0 Å². The Morgan fingerprint density at radius 3 is 2.76 bits per heavy atom. The van der Waals surface area contributed by atoms with Crippen molar-refractivity contribution >= 4 is 17.4 Å². The van der Waals surface area contributed by atoms with E-state index in [1.54, 1.807) is 6.07 Å². The van der Waals surface area contributed by atoms with Crippen molar-refractivity contribution in [2.75, 3.05) is 11.9 Å². The minimum absolute atomic E-state index is 0.0221. The first-order valence-electron chi connectivity index (χ1n) is 5.50. The summed E-state index contributed by atoms with van der Waals surface area (Å²) in [5.74, 6) is 0.989. The average Bonchev–Trinajstić information content (AvgIpc) is 2.26. The summed E-state index contributed by atoms with van der Waals surface area (Å²) >= 11 is 5.80. The first-order chi connectivity index (χ1) is 8.05. The summed E-state index contributed by atoms with van der Waals surface area (Å²) in [6, 6.07) is 5.06. The number of nitriles is 1. The van der Waals surface area contributed by atoms with Crippen molar-refractivity contribution in [3.8, 4) is 6.07 Å². The van der Waals surface area contributed by atoms with Crippen LogP contribution in [0.2, 0.25) is 5.15 Å². The van der Waals surface area contributed by atoms with Crippen molar-refractivity contribution in [2.45, 2.75) is 26.3 Å². The molecular formula is C12H16ClN3O. The molecule has 0 aromatic carbocycles. The third kappa shape index (κ3) is 4.59. The number of nitrogens with one attached hydrogen (secondary N) is 1. The topological polar surface area (TPSA) is 68.9 Å². The molecule has 4 nitrogen and oxygen atoms in total. The molecule has 92 valence electrons. The van der Waals surface area contributed by atoms with Crippen LogP contribution in [0.25, 0.3) is 0 Å². The van der Waals surface area contributed by atoms with Gasteiger partial charge in [0.2, 0.25) is 0 Å². The molecule has 0 radical (unpaired) electrons. The summed E-state index contributed by atoms with van der Waals surface area (Å²) in [7, 11) is 0. The fourth-order valence-corrected chi connectivity index (χ4v) is 1.80. The Bertz CT molecular complexity index is 415. The fraction of sp³-hybridized carbons (Fsp3) is 0.500. The number of aromatic nitrogens is 1. The van der Waals surface area contributed by atoms with Gasteiger partial charge < -0.3 is 10.4 Å². The van der Waals surface area contributed by atoms with Gasteiger partial charge in [-0.15, -0.1) is 0 Å². The van der Waals surface area contributed by atoms with Gasteiger partial charge >= 0.3 is 0 Å². The Morgan fingerprint density at radius 1 is 1.53 bits per heavy atom. The molecule has 1 atom stereocenters. The monoisotopic (exact) mass is 253 g/mol. The summed E-state index contributed by atoms with van der Waals surface area (Å²) < 4.78 is 0. The molecule has 1 aromatic rings. The number of aliphatic hydroxyl groups is 1. The van der Waals surface area contributed by atoms with E-state index >= 15 is 0 Å². The van der Waals surface area contributed by atoms with E-state index in [9.17, 15) is 5.11 Å². The van der Waals surface area contributed by atoms with Gasteiger partial charge in [0.15, 0.2) is 0 Å². The molecule has 0 bridgehead atoms. The van der Waals surface area contributed by atoms with Crippen molar-refractivity contribution in [3.63, 3.8) is 0 Å². The van der Waals surface area contributed by atoms with Gasteiger partial charge in [0.25, 0.3) is 0 Å². The van der Waals surface area contributed by atoms with Crippen LogP contribution in [0.1, 0.15) is 25.8 Å². The normalized spacial score (nSPS) is 12.2. The van der Waals surface area contributed by atoms with Gasteiger partial charge in [-0.05, 0) is 24.5 Å². The highest BCUT2D eigenvalue weighted by atomic mass is 35.5. The van der Waals surface area contributed by atoms with Gasteiger partial charge in [0.1, 0.15) is 11.0 Å². The zero-order valence-corrected chi connectivity index (χ0v) is 10.7. The number of nitrogens with zero attached hydrogens (tertiary/aromatic N) is 2. The lowest BCUT2D eigenvalue weighted by Crippen LogP contribution is -2.26. The number of halogens is 1. The maximum atomic E-state index is 9.24. The number of rotatable bonds is 5. The standard InChI is InChI=1S/C12H16ClN3O/c1-8(2)3-10(7-17)15-12-5-9(6-14)4-11(13)16-12/h4-5,8,10,17H,3,7H2,1-2H3,(H,15,16). The first kappa shape index (κ1) is 13.8. The average molecular weight is 254 g/mol. The maximum absolute atomic E-state index is 9.24. The Balaban J connectivity index is 2.79. The zero-order valence-electron chi connectivity index (χ0n) is 9.94. The zero-order chi connectivity index (χ0) is 12.8. The number of hydrogen-bond acceptors (Lipinski definition) is 4. The van der Waals surface area contributed by atoms with Crippen molar-refractivity contribution in [1.29, 1.82) is 5.26 Å². The Kier molecular flexibility index (Phi) is 5.20. The van der Waals surface area contributed by atoms with Crippen LogP contribution in [-0.4, -0.2) is 22.7 Å². The van der Waals surface area contributed by atoms with Gasteiger partial charge in [0, 0.05) is 0 Å². The van der Waals surface area contributed by atoms with E-state index in [0.717, 1.165) is 6.42 Å². The number of aliphatic hydroxyl groups excluding tert-OH is 1. The molecule has 2 N–H and O–H groups in total. The molecule has 0 aliphatic carbocycles. The summed E-state index contributed by atoms with van der Waals surface area (Å²) in [4.78, 5) is 4.07. The summed E-state index contributed by atoms with van der Waals surface area (Å²) in [6.07, 6.45) is 0.826. The van der Waals surface area contributed by atoms with Crippen LogP contribution in [0.4, 0.5) is 5.82 Å². The minimum atomic E-state index is -0.0764. The van der Waals surface area contributed by atoms with E-state index in [2.05, 4.69) is 24.1 Å². The Hall–Kier alpha value is -1.31. The molecule has 5 heteroatoms. The fourth-order valence-electron chi connectivity index (χ4n) is 1.59. The molecule has 0 aliphatic rings. The number of hydrogen-bond donors (Lipinski definition) is 2. The molecule has 1 rings (SSSR count). The summed E-state index contributed by atoms with van der Waals surface area (Å²) in [5.41, 5.74) is 0.453. The van der Waals surface area contributed by atoms with E-state index < -0.39 is 0 Å². The molecule has 0 amide bonds. The lowest BCUT2D eigenvalue weighted by molar-refractivity contribution is 0.259. The molecule has 0 saturated carbocycles. The summed E-state index contributed by atoms with van der Waals surface area (Å²) in [6.45, 7) is 4.18. The van der Waals surface area contributed by atoms with Crippen LogP contribution in [-0.2, 0) is 0 Å². The molecule has 1 heterocycles. The lowest BCUT2D eigenvalue weighted by Gasteiger charge is -2.18. The van der Waals surface area contributed by atoms with Crippen molar-refractivity contribution in [2.24, 2.45) is 5.92 Å². The number of anilines is 1. The Labute approximate surface area is 106 Å². The third-order valence-corrected chi connectivity index (χ3v) is 2.45. The van der Waals surface area contributed by atoms with Crippen molar-refractivity contribution < 1.29 is 5.11 Å². The molecule has 17 heavy (non-hydrogen) atoms. The number of pyridine rings is 1. The van der Waals surface area contributed by atoms with Crippen molar-refractivity contribution in [3.05, 3.63) is 22.8 Å². The van der Waals surface area contributed by atoms with Gasteiger partial charge in [-0.25, -0.2) is 4.98 Å². The second-order valence-electron chi connectivity index (χ2n) is 4.33. The highest BCUT2D eigenvalue weighted by molar-refractivity contribution is 6.29. The Morgan fingerprint density at radius 2 is 2.24 bits per heavy atom. The molecule has 1 unspecified atom stereocenters. The predicted molar refractivity (Wildman–Crippen MR) is 67.9 cm³/mol. The van der Waals surface area contributed by atoms with Crippen LogP contribution in [0.5, 0.6) is 0 Å². The van der Waals surface area contributed by atoms with E-state index in [1.165, 1.54) is 6.07 Å². The van der Waals surface area contributed by atoms with Gasteiger partial charge in [-0.2, -0.15) is 5.26 Å². The molecule has 1 aromatic heterocycles. The van der Waals surface area contributed by atoms with E-state index in [4.69, 9.17) is 16.9 Å². The first-order valence-corrected chi connectivity index (χ1v) is 5.88. The van der Waals surface area contributed by atoms with E-state index in [1.807, 2.05) is 6.07 Å². The highest BCUT2D eigenvalue weighted by Crippen LogP contribution is 2.16. The van der Waals surface area contributed by atoms with Crippen LogP contribution < -0.4 is 5.32 Å². The van der Waals surface area contributed by atoms with Crippen molar-refractivity contribution in [1.82, 2.24) is 4.98 Å². The van der Waals surface area contributed by atoms with Crippen LogP contribution in [0, 0.1) is 17.2 Å². The third-order valence-electron chi connectivity index (χ3n) is 2.25. The van der Waals surface area contributed by atoms with Crippen LogP contribution in [0.15, 0.2) is 12.1 Å². The van der Waals surface area contributed by atoms with Gasteiger partial charge in [-0.3, -0.25) is 0 Å². The van der Waals surface area contributed by atoms with E-state index in [-0.39, 0.29) is 17.8 Å². The molecule has 0 fully saturated rings. The molecule has 0 saturated heterocycles. The largest absolute Gasteiger partial charge is 0.394 e. The predicted octanol–water partition coefficient (Wildman–Crippen LogP) is 2.43. The molecule has 0 aliphatic heterocycles. The second kappa shape index (κ2) is 6.43. The van der Waals surface area contributed by atoms with Crippen LogP contribution >= 0.6 is 11.6 Å². The van der Waals surface area contributed by atoms with Gasteiger partial charge in [-0.1, -0.05) is 25.4 Å². The minimum Gasteiger partial charge on any atom is -0.394 e. The smallest absolute Gasteiger partial charge is 0.132 e.